The van der Waals surface area contributed by atoms with Crippen molar-refractivity contribution in [2.24, 2.45) is 5.92 Å². The Kier molecular flexibility index (Phi) is 5.69. The van der Waals surface area contributed by atoms with Gasteiger partial charge in [0.2, 0.25) is 5.91 Å². The van der Waals surface area contributed by atoms with E-state index >= 15 is 0 Å². The Labute approximate surface area is 154 Å². The predicted octanol–water partition coefficient (Wildman–Crippen LogP) is 2.88. The van der Waals surface area contributed by atoms with Gasteiger partial charge in [0.15, 0.2) is 11.5 Å². The molecule has 26 heavy (non-hydrogen) atoms. The highest BCUT2D eigenvalue weighted by Crippen LogP contribution is 2.40. The van der Waals surface area contributed by atoms with Gasteiger partial charge in [-0.3, -0.25) is 4.79 Å². The zero-order valence-corrected chi connectivity index (χ0v) is 15.4. The van der Waals surface area contributed by atoms with Crippen LogP contribution < -0.4 is 9.47 Å². The lowest BCUT2D eigenvalue weighted by Crippen LogP contribution is -2.46. The first kappa shape index (κ1) is 18.5. The molecule has 1 amide bonds. The van der Waals surface area contributed by atoms with Gasteiger partial charge in [0, 0.05) is 12.5 Å². The first-order valence-electron chi connectivity index (χ1n) is 9.30. The van der Waals surface area contributed by atoms with Crippen molar-refractivity contribution in [1.82, 2.24) is 4.90 Å². The fourth-order valence-corrected chi connectivity index (χ4v) is 4.46. The molecule has 3 atom stereocenters. The molecule has 1 heterocycles. The number of rotatable bonds is 6. The van der Waals surface area contributed by atoms with E-state index in [1.54, 1.807) is 19.1 Å². The van der Waals surface area contributed by atoms with E-state index in [-0.39, 0.29) is 11.9 Å². The fraction of sp³-hybridized carbons (Fsp3) is 0.600. The van der Waals surface area contributed by atoms with E-state index < -0.39 is 12.0 Å². The molecule has 1 saturated carbocycles. The van der Waals surface area contributed by atoms with Crippen LogP contribution in [0, 0.1) is 5.92 Å². The van der Waals surface area contributed by atoms with E-state index in [4.69, 9.17) is 9.47 Å². The highest BCUT2D eigenvalue weighted by Gasteiger charge is 2.47. The summed E-state index contributed by atoms with van der Waals surface area (Å²) in [6.07, 6.45) is 5.64. The molecule has 1 saturated heterocycles. The predicted molar refractivity (Wildman–Crippen MR) is 96.5 cm³/mol. The topological polar surface area (TPSA) is 76.1 Å². The average Bonchev–Trinajstić information content (AvgIpc) is 3.05. The van der Waals surface area contributed by atoms with Gasteiger partial charge in [0.05, 0.1) is 14.2 Å². The minimum absolute atomic E-state index is 0.0541. The van der Waals surface area contributed by atoms with Crippen LogP contribution in [0.4, 0.5) is 0 Å². The number of ether oxygens (including phenoxy) is 2. The van der Waals surface area contributed by atoms with E-state index in [0.717, 1.165) is 31.2 Å². The largest absolute Gasteiger partial charge is 0.493 e. The van der Waals surface area contributed by atoms with Gasteiger partial charge in [-0.1, -0.05) is 18.9 Å². The summed E-state index contributed by atoms with van der Waals surface area (Å²) in [4.78, 5) is 26.2. The molecule has 0 radical (unpaired) electrons. The van der Waals surface area contributed by atoms with Crippen LogP contribution in [-0.2, 0) is 16.0 Å². The van der Waals surface area contributed by atoms with E-state index in [0.29, 0.717) is 36.7 Å². The summed E-state index contributed by atoms with van der Waals surface area (Å²) < 4.78 is 10.5. The van der Waals surface area contributed by atoms with Crippen molar-refractivity contribution in [1.29, 1.82) is 0 Å². The molecule has 142 valence electrons. The summed E-state index contributed by atoms with van der Waals surface area (Å²) in [7, 11) is 3.17. The second kappa shape index (κ2) is 7.98. The molecule has 0 bridgehead atoms. The van der Waals surface area contributed by atoms with Crippen molar-refractivity contribution in [2.75, 3.05) is 14.2 Å². The van der Waals surface area contributed by atoms with Gasteiger partial charge in [-0.25, -0.2) is 4.79 Å². The molecule has 1 aliphatic carbocycles. The fourth-order valence-electron chi connectivity index (χ4n) is 4.46. The highest BCUT2D eigenvalue weighted by molar-refractivity contribution is 5.85. The maximum Gasteiger partial charge on any atom is 0.326 e. The molecule has 0 spiro atoms. The van der Waals surface area contributed by atoms with Crippen LogP contribution >= 0.6 is 0 Å². The first-order valence-corrected chi connectivity index (χ1v) is 9.30. The minimum atomic E-state index is -0.876. The number of amides is 1. The number of aliphatic carboxylic acids is 1. The van der Waals surface area contributed by atoms with Crippen molar-refractivity contribution in [3.63, 3.8) is 0 Å². The monoisotopic (exact) mass is 361 g/mol. The lowest BCUT2D eigenvalue weighted by molar-refractivity contribution is -0.149. The van der Waals surface area contributed by atoms with Gasteiger partial charge in [-0.2, -0.15) is 0 Å². The smallest absolute Gasteiger partial charge is 0.326 e. The number of carbonyl (C=O) groups is 2. The standard InChI is InChI=1S/C20H27NO5/c1-25-17-9-7-13(11-18(17)26-2)8-10-19(22)21-15-6-4-3-5-14(15)12-16(21)20(23)24/h7,9,11,14-16H,3-6,8,10,12H2,1-2H3,(H,23,24). The molecular formula is C20H27NO5. The second-order valence-corrected chi connectivity index (χ2v) is 7.19. The molecule has 6 heteroatoms. The van der Waals surface area contributed by atoms with Crippen LogP contribution in [0.1, 0.15) is 44.1 Å². The zero-order valence-electron chi connectivity index (χ0n) is 15.4. The van der Waals surface area contributed by atoms with Gasteiger partial charge < -0.3 is 19.5 Å². The van der Waals surface area contributed by atoms with Gasteiger partial charge in [0.1, 0.15) is 6.04 Å². The number of methoxy groups -OCH3 is 2. The SMILES string of the molecule is COc1ccc(CCC(=O)N2C(C(=O)O)CC3CCCCC32)cc1OC. The van der Waals surface area contributed by atoms with Crippen LogP contribution in [-0.4, -0.2) is 48.2 Å². The molecule has 2 fully saturated rings. The van der Waals surface area contributed by atoms with Gasteiger partial charge >= 0.3 is 5.97 Å². The van der Waals surface area contributed by atoms with E-state index in [2.05, 4.69) is 0 Å². The van der Waals surface area contributed by atoms with Crippen molar-refractivity contribution >= 4 is 11.9 Å². The van der Waals surface area contributed by atoms with Crippen molar-refractivity contribution in [2.45, 2.75) is 57.0 Å². The third-order valence-corrected chi connectivity index (χ3v) is 5.74. The normalized spacial score (nSPS) is 24.8. The number of benzene rings is 1. The van der Waals surface area contributed by atoms with Crippen LogP contribution in [0.25, 0.3) is 0 Å². The van der Waals surface area contributed by atoms with Crippen molar-refractivity contribution in [3.8, 4) is 11.5 Å². The maximum absolute atomic E-state index is 12.9. The summed E-state index contributed by atoms with van der Waals surface area (Å²) in [5.74, 6) is 0.697. The summed E-state index contributed by atoms with van der Waals surface area (Å²) in [5.41, 5.74) is 0.974. The van der Waals surface area contributed by atoms with Gasteiger partial charge in [-0.15, -0.1) is 0 Å². The summed E-state index contributed by atoms with van der Waals surface area (Å²) >= 11 is 0. The molecule has 3 unspecified atom stereocenters. The summed E-state index contributed by atoms with van der Waals surface area (Å²) in [5, 5.41) is 9.57. The number of aryl methyl sites for hydroxylation is 1. The van der Waals surface area contributed by atoms with Gasteiger partial charge in [-0.05, 0) is 49.3 Å². The van der Waals surface area contributed by atoms with Crippen LogP contribution in [0.2, 0.25) is 0 Å². The number of likely N-dealkylation sites (tertiary alicyclic amines) is 1. The molecule has 1 N–H and O–H groups in total. The molecule has 1 aromatic rings. The Balaban J connectivity index is 1.69. The lowest BCUT2D eigenvalue weighted by atomic mass is 9.84. The third kappa shape index (κ3) is 3.64. The number of hydrogen-bond acceptors (Lipinski definition) is 4. The number of carboxylic acids is 1. The van der Waals surface area contributed by atoms with Gasteiger partial charge in [0.25, 0.3) is 0 Å². The minimum Gasteiger partial charge on any atom is -0.493 e. The van der Waals surface area contributed by atoms with E-state index in [1.807, 2.05) is 18.2 Å². The van der Waals surface area contributed by atoms with Crippen LogP contribution in [0.15, 0.2) is 18.2 Å². The Morgan fingerprint density at radius 2 is 1.88 bits per heavy atom. The molecule has 3 rings (SSSR count). The molecule has 6 nitrogen and oxygen atoms in total. The average molecular weight is 361 g/mol. The second-order valence-electron chi connectivity index (χ2n) is 7.19. The molecular weight excluding hydrogens is 334 g/mol. The first-order chi connectivity index (χ1) is 12.5. The summed E-state index contributed by atoms with van der Waals surface area (Å²) in [6.45, 7) is 0. The zero-order chi connectivity index (χ0) is 18.7. The quantitative estimate of drug-likeness (QED) is 0.843. The number of carbonyl (C=O) groups excluding carboxylic acids is 1. The van der Waals surface area contributed by atoms with E-state index in [1.165, 1.54) is 0 Å². The molecule has 1 aromatic carbocycles. The van der Waals surface area contributed by atoms with Crippen molar-refractivity contribution in [3.05, 3.63) is 23.8 Å². The number of carboxylic acid groups (broad SMARTS) is 1. The molecule has 0 aromatic heterocycles. The number of nitrogens with zero attached hydrogens (tertiary/aromatic N) is 1. The van der Waals surface area contributed by atoms with E-state index in [9.17, 15) is 14.7 Å². The highest BCUT2D eigenvalue weighted by atomic mass is 16.5. The Bertz CT molecular complexity index is 674. The summed E-state index contributed by atoms with van der Waals surface area (Å²) in [6, 6.07) is 5.04. The number of fused-ring (bicyclic) bond motifs is 1. The third-order valence-electron chi connectivity index (χ3n) is 5.74. The Morgan fingerprint density at radius 1 is 1.15 bits per heavy atom. The lowest BCUT2D eigenvalue weighted by Gasteiger charge is -2.33. The molecule has 2 aliphatic rings. The Hall–Kier alpha value is -2.24. The van der Waals surface area contributed by atoms with Crippen LogP contribution in [0.5, 0.6) is 11.5 Å². The maximum atomic E-state index is 12.9. The molecule has 1 aliphatic heterocycles. The van der Waals surface area contributed by atoms with Crippen molar-refractivity contribution < 1.29 is 24.2 Å². The number of hydrogen-bond donors (Lipinski definition) is 1. The Morgan fingerprint density at radius 3 is 2.58 bits per heavy atom. The van der Waals surface area contributed by atoms with Crippen LogP contribution in [0.3, 0.4) is 0 Å².